The molecule has 0 radical (unpaired) electrons. The van der Waals surface area contributed by atoms with Crippen molar-refractivity contribution in [3.63, 3.8) is 0 Å². The van der Waals surface area contributed by atoms with E-state index in [1.165, 1.54) is 0 Å². The quantitative estimate of drug-likeness (QED) is 0.535. The summed E-state index contributed by atoms with van der Waals surface area (Å²) in [6, 6.07) is 0. The predicted molar refractivity (Wildman–Crippen MR) is 62.0 cm³/mol. The summed E-state index contributed by atoms with van der Waals surface area (Å²) >= 11 is 16.6. The summed E-state index contributed by atoms with van der Waals surface area (Å²) in [5.74, 6) is 0. The molecule has 0 rings (SSSR count). The summed E-state index contributed by atoms with van der Waals surface area (Å²) in [6.07, 6.45) is 0. The van der Waals surface area contributed by atoms with Crippen molar-refractivity contribution in [1.82, 2.24) is 0 Å². The number of rotatable bonds is 7. The van der Waals surface area contributed by atoms with Crippen molar-refractivity contribution in [3.05, 3.63) is 0 Å². The largest absolute Gasteiger partial charge is 0.682 e. The molecule has 0 heterocycles. The van der Waals surface area contributed by atoms with Crippen LogP contribution in [0, 0.1) is 0 Å². The first-order valence-electron chi connectivity index (χ1n) is 4.57. The average molecular weight is 298 g/mol. The van der Waals surface area contributed by atoms with E-state index in [9.17, 15) is 0 Å². The SMILES string of the molecule is CCO[Si](OCC)(OCC)OC(Cl)(Cl)Cl. The molecule has 0 fully saturated rings. The van der Waals surface area contributed by atoms with Crippen LogP contribution in [0.3, 0.4) is 0 Å². The fraction of sp³-hybridized carbons (Fsp3) is 1.00. The Balaban J connectivity index is 4.60. The highest BCUT2D eigenvalue weighted by Gasteiger charge is 2.50. The molecule has 0 spiro atoms. The summed E-state index contributed by atoms with van der Waals surface area (Å²) in [4.78, 5) is 0. The van der Waals surface area contributed by atoms with Crippen LogP contribution in [0.25, 0.3) is 0 Å². The minimum atomic E-state index is -3.33. The third-order valence-electron chi connectivity index (χ3n) is 1.20. The molecule has 0 aromatic rings. The van der Waals surface area contributed by atoms with Gasteiger partial charge in [-0.1, -0.05) is 34.8 Å². The van der Waals surface area contributed by atoms with Crippen molar-refractivity contribution < 1.29 is 17.7 Å². The van der Waals surface area contributed by atoms with E-state index in [-0.39, 0.29) is 0 Å². The molecule has 0 amide bonds. The molecule has 0 bridgehead atoms. The molecule has 0 aromatic heterocycles. The molecule has 0 unspecified atom stereocenters. The van der Waals surface area contributed by atoms with Crippen molar-refractivity contribution in [2.45, 2.75) is 24.7 Å². The number of alkyl halides is 3. The minimum absolute atomic E-state index is 0.354. The fourth-order valence-electron chi connectivity index (χ4n) is 0.885. The van der Waals surface area contributed by atoms with E-state index in [0.29, 0.717) is 19.8 Å². The molecule has 0 aliphatic rings. The molecule has 0 aliphatic carbocycles. The van der Waals surface area contributed by atoms with Crippen LogP contribution in [0.15, 0.2) is 0 Å². The summed E-state index contributed by atoms with van der Waals surface area (Å²) in [5, 5.41) is 0. The van der Waals surface area contributed by atoms with Crippen LogP contribution >= 0.6 is 34.8 Å². The second kappa shape index (κ2) is 7.29. The van der Waals surface area contributed by atoms with Gasteiger partial charge in [-0.05, 0) is 20.8 Å². The van der Waals surface area contributed by atoms with Gasteiger partial charge >= 0.3 is 9.05 Å². The van der Waals surface area contributed by atoms with Gasteiger partial charge in [-0.3, -0.25) is 0 Å². The topological polar surface area (TPSA) is 36.9 Å². The monoisotopic (exact) mass is 296 g/mol. The second-order valence-electron chi connectivity index (χ2n) is 2.35. The smallest absolute Gasteiger partial charge is 0.351 e. The summed E-state index contributed by atoms with van der Waals surface area (Å²) in [6.45, 7) is 6.40. The van der Waals surface area contributed by atoms with E-state index in [1.54, 1.807) is 20.8 Å². The molecule has 0 atom stereocenters. The van der Waals surface area contributed by atoms with Crippen LogP contribution in [0.4, 0.5) is 0 Å². The predicted octanol–water partition coefficient (Wildman–Crippen LogP) is 2.88. The molecule has 0 aromatic carbocycles. The van der Waals surface area contributed by atoms with Gasteiger partial charge in [0.25, 0.3) is 3.98 Å². The Hall–Kier alpha value is 0.927. The average Bonchev–Trinajstić information content (AvgIpc) is 2.01. The van der Waals surface area contributed by atoms with Crippen molar-refractivity contribution in [2.24, 2.45) is 0 Å². The highest BCUT2D eigenvalue weighted by atomic mass is 35.6. The van der Waals surface area contributed by atoms with E-state index in [2.05, 4.69) is 0 Å². The van der Waals surface area contributed by atoms with Crippen LogP contribution in [0.1, 0.15) is 20.8 Å². The molecule has 8 heteroatoms. The summed E-state index contributed by atoms with van der Waals surface area (Å²) in [7, 11) is -3.33. The second-order valence-corrected chi connectivity index (χ2v) is 6.59. The maximum Gasteiger partial charge on any atom is 0.682 e. The van der Waals surface area contributed by atoms with Crippen LogP contribution in [-0.2, 0) is 17.7 Å². The molecule has 15 heavy (non-hydrogen) atoms. The number of halogens is 3. The van der Waals surface area contributed by atoms with Crippen molar-refractivity contribution in [3.8, 4) is 0 Å². The third kappa shape index (κ3) is 6.96. The van der Waals surface area contributed by atoms with Crippen molar-refractivity contribution >= 4 is 43.9 Å². The van der Waals surface area contributed by atoms with Crippen molar-refractivity contribution in [2.75, 3.05) is 19.8 Å². The van der Waals surface area contributed by atoms with Gasteiger partial charge in [0, 0.05) is 19.8 Å². The number of hydrogen-bond donors (Lipinski definition) is 0. The third-order valence-corrected chi connectivity index (χ3v) is 4.31. The fourth-order valence-corrected chi connectivity index (χ4v) is 3.51. The Kier molecular flexibility index (Phi) is 7.74. The molecule has 0 saturated carbocycles. The highest BCUT2D eigenvalue weighted by Crippen LogP contribution is 2.32. The maximum atomic E-state index is 5.53. The summed E-state index contributed by atoms with van der Waals surface area (Å²) < 4.78 is 19.1. The lowest BCUT2D eigenvalue weighted by molar-refractivity contribution is -0.0296. The molecular formula is C7H15Cl3O4Si. The zero-order valence-electron chi connectivity index (χ0n) is 8.89. The van der Waals surface area contributed by atoms with Gasteiger partial charge in [-0.2, -0.15) is 0 Å². The lowest BCUT2D eigenvalue weighted by Crippen LogP contribution is -2.51. The maximum absolute atomic E-state index is 5.53. The Labute approximate surface area is 106 Å². The lowest BCUT2D eigenvalue weighted by Gasteiger charge is -2.29. The van der Waals surface area contributed by atoms with Gasteiger partial charge in [0.15, 0.2) is 0 Å². The first-order chi connectivity index (χ1) is 6.89. The molecule has 0 saturated heterocycles. The molecule has 4 nitrogen and oxygen atoms in total. The van der Waals surface area contributed by atoms with E-state index in [4.69, 9.17) is 52.5 Å². The first kappa shape index (κ1) is 15.9. The Bertz CT molecular complexity index is 159. The minimum Gasteiger partial charge on any atom is -0.351 e. The molecule has 92 valence electrons. The summed E-state index contributed by atoms with van der Waals surface area (Å²) in [5.41, 5.74) is 0. The van der Waals surface area contributed by atoms with E-state index in [0.717, 1.165) is 0 Å². The van der Waals surface area contributed by atoms with Gasteiger partial charge in [-0.15, -0.1) is 0 Å². The normalized spacial score (nSPS) is 13.2. The Morgan fingerprint density at radius 1 is 0.867 bits per heavy atom. The van der Waals surface area contributed by atoms with Crippen LogP contribution in [-0.4, -0.2) is 32.8 Å². The van der Waals surface area contributed by atoms with Crippen LogP contribution in [0.2, 0.25) is 0 Å². The van der Waals surface area contributed by atoms with Crippen molar-refractivity contribution in [1.29, 1.82) is 0 Å². The first-order valence-corrected chi connectivity index (χ1v) is 7.34. The zero-order chi connectivity index (χ0) is 11.9. The molecule has 0 aliphatic heterocycles. The Morgan fingerprint density at radius 2 is 1.20 bits per heavy atom. The molecular weight excluding hydrogens is 283 g/mol. The van der Waals surface area contributed by atoms with E-state index >= 15 is 0 Å². The van der Waals surface area contributed by atoms with Gasteiger partial charge in [0.2, 0.25) is 0 Å². The zero-order valence-corrected chi connectivity index (χ0v) is 12.2. The van der Waals surface area contributed by atoms with Crippen LogP contribution < -0.4 is 0 Å². The lowest BCUT2D eigenvalue weighted by atomic mass is 10.9. The standard InChI is InChI=1S/C7H15Cl3O4Si/c1-4-11-15(12-5-2,13-6-3)14-7(8,9)10/h4-6H2,1-3H3. The van der Waals surface area contributed by atoms with Gasteiger partial charge < -0.3 is 17.7 Å². The Morgan fingerprint density at radius 3 is 1.40 bits per heavy atom. The molecule has 0 N–H and O–H groups in total. The van der Waals surface area contributed by atoms with Gasteiger partial charge in [-0.25, -0.2) is 0 Å². The van der Waals surface area contributed by atoms with Gasteiger partial charge in [0.1, 0.15) is 0 Å². The van der Waals surface area contributed by atoms with E-state index in [1.807, 2.05) is 0 Å². The van der Waals surface area contributed by atoms with Gasteiger partial charge in [0.05, 0.1) is 0 Å². The van der Waals surface area contributed by atoms with Crippen LogP contribution in [0.5, 0.6) is 0 Å². The van der Waals surface area contributed by atoms with E-state index < -0.39 is 13.0 Å². The number of hydrogen-bond acceptors (Lipinski definition) is 4. The highest BCUT2D eigenvalue weighted by molar-refractivity contribution is 6.69.